The van der Waals surface area contributed by atoms with Gasteiger partial charge in [-0.25, -0.2) is 4.90 Å². The fraction of sp³-hybridized carbons (Fsp3) is 0.429. The predicted octanol–water partition coefficient (Wildman–Crippen LogP) is 3.36. The highest BCUT2D eigenvalue weighted by Crippen LogP contribution is 2.34. The van der Waals surface area contributed by atoms with E-state index in [-0.39, 0.29) is 17.7 Å². The van der Waals surface area contributed by atoms with Crippen LogP contribution in [0.2, 0.25) is 0 Å². The average Bonchev–Trinajstić information content (AvgIpc) is 2.20. The third kappa shape index (κ3) is 2.34. The summed E-state index contributed by atoms with van der Waals surface area (Å²) in [5.41, 5.74) is 2.74. The Kier molecular flexibility index (Phi) is 3.57. The second kappa shape index (κ2) is 4.84. The van der Waals surface area contributed by atoms with Crippen molar-refractivity contribution in [2.24, 2.45) is 5.92 Å². The molecule has 1 aliphatic heterocycles. The zero-order valence-corrected chi connectivity index (χ0v) is 12.4. The van der Waals surface area contributed by atoms with Gasteiger partial charge < -0.3 is 0 Å². The molecule has 1 heterocycles. The highest BCUT2D eigenvalue weighted by atomic mass is 79.9. The molecule has 1 aromatic rings. The Bertz CT molecular complexity index is 484. The number of carbonyl (C=O) groups excluding carboxylic acids is 2. The SMILES string of the molecule is Cc1cc(C)c(N2C(=O)CC(C)CC2=O)c(Br)c1. The third-order valence-corrected chi connectivity index (χ3v) is 3.77. The molecule has 0 aromatic heterocycles. The standard InChI is InChI=1S/C14H16BrNO2/c1-8-4-10(3)14(11(15)5-8)16-12(17)6-9(2)7-13(16)18/h4-5,9H,6-7H2,1-3H3. The van der Waals surface area contributed by atoms with E-state index in [0.717, 1.165) is 15.6 Å². The van der Waals surface area contributed by atoms with E-state index in [0.29, 0.717) is 18.5 Å². The van der Waals surface area contributed by atoms with E-state index in [1.54, 1.807) is 0 Å². The van der Waals surface area contributed by atoms with Crippen LogP contribution in [0.15, 0.2) is 16.6 Å². The van der Waals surface area contributed by atoms with Crippen LogP contribution in [0.3, 0.4) is 0 Å². The number of anilines is 1. The van der Waals surface area contributed by atoms with Gasteiger partial charge in [-0.1, -0.05) is 13.0 Å². The minimum Gasteiger partial charge on any atom is -0.274 e. The van der Waals surface area contributed by atoms with Gasteiger partial charge in [-0.05, 0) is 52.9 Å². The van der Waals surface area contributed by atoms with Crippen molar-refractivity contribution < 1.29 is 9.59 Å². The lowest BCUT2D eigenvalue weighted by atomic mass is 9.96. The lowest BCUT2D eigenvalue weighted by Gasteiger charge is -2.30. The summed E-state index contributed by atoms with van der Waals surface area (Å²) in [6, 6.07) is 3.92. The second-order valence-corrected chi connectivity index (χ2v) is 5.90. The van der Waals surface area contributed by atoms with E-state index in [2.05, 4.69) is 15.9 Å². The Morgan fingerprint density at radius 1 is 1.17 bits per heavy atom. The molecule has 18 heavy (non-hydrogen) atoms. The van der Waals surface area contributed by atoms with Crippen molar-refractivity contribution in [1.29, 1.82) is 0 Å². The predicted molar refractivity (Wildman–Crippen MR) is 74.5 cm³/mol. The van der Waals surface area contributed by atoms with Gasteiger partial charge in [-0.2, -0.15) is 0 Å². The zero-order valence-electron chi connectivity index (χ0n) is 10.8. The van der Waals surface area contributed by atoms with Crippen LogP contribution in [0.4, 0.5) is 5.69 Å². The van der Waals surface area contributed by atoms with Crippen molar-refractivity contribution in [3.63, 3.8) is 0 Å². The number of aryl methyl sites for hydroxylation is 2. The number of nitrogens with zero attached hydrogens (tertiary/aromatic N) is 1. The molecule has 1 fully saturated rings. The maximum Gasteiger partial charge on any atom is 0.234 e. The van der Waals surface area contributed by atoms with Crippen LogP contribution in [0.25, 0.3) is 0 Å². The summed E-state index contributed by atoms with van der Waals surface area (Å²) in [4.78, 5) is 25.5. The number of halogens is 1. The van der Waals surface area contributed by atoms with Crippen LogP contribution >= 0.6 is 15.9 Å². The van der Waals surface area contributed by atoms with E-state index in [4.69, 9.17) is 0 Å². The van der Waals surface area contributed by atoms with Crippen LogP contribution in [-0.2, 0) is 9.59 Å². The molecule has 0 N–H and O–H groups in total. The van der Waals surface area contributed by atoms with Crippen molar-refractivity contribution in [3.05, 3.63) is 27.7 Å². The maximum absolute atomic E-state index is 12.1. The van der Waals surface area contributed by atoms with Gasteiger partial charge in [0.2, 0.25) is 11.8 Å². The summed E-state index contributed by atoms with van der Waals surface area (Å²) in [5, 5.41) is 0. The van der Waals surface area contributed by atoms with Crippen LogP contribution in [0.5, 0.6) is 0 Å². The fourth-order valence-electron chi connectivity index (χ4n) is 2.43. The summed E-state index contributed by atoms with van der Waals surface area (Å²) >= 11 is 3.46. The number of benzene rings is 1. The van der Waals surface area contributed by atoms with Gasteiger partial charge in [0.1, 0.15) is 0 Å². The van der Waals surface area contributed by atoms with Crippen molar-refractivity contribution in [3.8, 4) is 0 Å². The minimum absolute atomic E-state index is 0.105. The second-order valence-electron chi connectivity index (χ2n) is 5.05. The first-order valence-electron chi connectivity index (χ1n) is 6.02. The Morgan fingerprint density at radius 2 is 1.72 bits per heavy atom. The molecule has 0 bridgehead atoms. The average molecular weight is 310 g/mol. The molecule has 96 valence electrons. The molecule has 0 unspecified atom stereocenters. The van der Waals surface area contributed by atoms with Crippen molar-refractivity contribution in [2.45, 2.75) is 33.6 Å². The first kappa shape index (κ1) is 13.3. The lowest BCUT2D eigenvalue weighted by Crippen LogP contribution is -2.43. The molecule has 0 saturated carbocycles. The number of piperidine rings is 1. The molecule has 1 aromatic carbocycles. The molecule has 0 atom stereocenters. The highest BCUT2D eigenvalue weighted by molar-refractivity contribution is 9.10. The summed E-state index contributed by atoms with van der Waals surface area (Å²) in [6.07, 6.45) is 0.872. The van der Waals surface area contributed by atoms with E-state index >= 15 is 0 Å². The summed E-state index contributed by atoms with van der Waals surface area (Å²) in [6.45, 7) is 5.85. The largest absolute Gasteiger partial charge is 0.274 e. The molecule has 1 aliphatic rings. The molecule has 1 saturated heterocycles. The first-order valence-corrected chi connectivity index (χ1v) is 6.82. The van der Waals surface area contributed by atoms with Gasteiger partial charge in [0.15, 0.2) is 0 Å². The molecular weight excluding hydrogens is 294 g/mol. The molecule has 2 rings (SSSR count). The van der Waals surface area contributed by atoms with E-state index in [9.17, 15) is 9.59 Å². The Labute approximate surface area is 115 Å². The van der Waals surface area contributed by atoms with Crippen molar-refractivity contribution >= 4 is 33.4 Å². The number of rotatable bonds is 1. The minimum atomic E-state index is -0.105. The summed E-state index contributed by atoms with van der Waals surface area (Å²) < 4.78 is 0.802. The smallest absolute Gasteiger partial charge is 0.234 e. The molecule has 3 nitrogen and oxygen atoms in total. The monoisotopic (exact) mass is 309 g/mol. The first-order chi connectivity index (χ1) is 8.40. The number of hydrogen-bond donors (Lipinski definition) is 0. The quantitative estimate of drug-likeness (QED) is 0.746. The summed E-state index contributed by atoms with van der Waals surface area (Å²) in [7, 11) is 0. The third-order valence-electron chi connectivity index (χ3n) is 3.17. The molecular formula is C14H16BrNO2. The van der Waals surface area contributed by atoms with Gasteiger partial charge in [-0.15, -0.1) is 0 Å². The van der Waals surface area contributed by atoms with Gasteiger partial charge in [0.25, 0.3) is 0 Å². The molecule has 0 aliphatic carbocycles. The van der Waals surface area contributed by atoms with E-state index in [1.165, 1.54) is 4.90 Å². The number of carbonyl (C=O) groups is 2. The molecule has 0 radical (unpaired) electrons. The lowest BCUT2D eigenvalue weighted by molar-refractivity contribution is -0.130. The van der Waals surface area contributed by atoms with Crippen LogP contribution in [0.1, 0.15) is 30.9 Å². The summed E-state index contributed by atoms with van der Waals surface area (Å²) in [5.74, 6) is -0.0661. The molecule has 4 heteroatoms. The van der Waals surface area contributed by atoms with Gasteiger partial charge in [0, 0.05) is 17.3 Å². The Balaban J connectivity index is 2.48. The Hall–Kier alpha value is -1.16. The number of imide groups is 1. The van der Waals surface area contributed by atoms with Crippen molar-refractivity contribution in [2.75, 3.05) is 4.90 Å². The fourth-order valence-corrected chi connectivity index (χ4v) is 3.28. The van der Waals surface area contributed by atoms with E-state index < -0.39 is 0 Å². The molecule has 2 amide bonds. The highest BCUT2D eigenvalue weighted by Gasteiger charge is 2.33. The number of hydrogen-bond acceptors (Lipinski definition) is 2. The normalized spacial score (nSPS) is 17.4. The van der Waals surface area contributed by atoms with Gasteiger partial charge >= 0.3 is 0 Å². The van der Waals surface area contributed by atoms with Crippen molar-refractivity contribution in [1.82, 2.24) is 0 Å². The van der Waals surface area contributed by atoms with Crippen LogP contribution in [-0.4, -0.2) is 11.8 Å². The zero-order chi connectivity index (χ0) is 13.4. The topological polar surface area (TPSA) is 37.4 Å². The number of amides is 2. The maximum atomic E-state index is 12.1. The molecule has 0 spiro atoms. The van der Waals surface area contributed by atoms with Crippen LogP contribution in [0, 0.1) is 19.8 Å². The van der Waals surface area contributed by atoms with Crippen LogP contribution < -0.4 is 4.90 Å². The van der Waals surface area contributed by atoms with Gasteiger partial charge in [-0.3, -0.25) is 9.59 Å². The van der Waals surface area contributed by atoms with E-state index in [1.807, 2.05) is 32.9 Å². The van der Waals surface area contributed by atoms with Gasteiger partial charge in [0.05, 0.1) is 5.69 Å². The Morgan fingerprint density at radius 3 is 2.22 bits per heavy atom.